The third-order valence-corrected chi connectivity index (χ3v) is 4.26. The van der Waals surface area contributed by atoms with Crippen LogP contribution in [0.2, 0.25) is 5.02 Å². The summed E-state index contributed by atoms with van der Waals surface area (Å²) in [6.07, 6.45) is 0. The molecular formula is C10H8ClFN4O4S. The zero-order valence-electron chi connectivity index (χ0n) is 10.5. The molecule has 2 rings (SSSR count). The second kappa shape index (κ2) is 5.37. The fourth-order valence-corrected chi connectivity index (χ4v) is 3.16. The molecule has 21 heavy (non-hydrogen) atoms. The van der Waals surface area contributed by atoms with Gasteiger partial charge in [0.05, 0.1) is 12.6 Å². The van der Waals surface area contributed by atoms with Gasteiger partial charge in [0.1, 0.15) is 10.6 Å². The van der Waals surface area contributed by atoms with Crippen molar-refractivity contribution in [3.8, 4) is 0 Å². The van der Waals surface area contributed by atoms with Crippen molar-refractivity contribution in [1.29, 1.82) is 0 Å². The lowest BCUT2D eigenvalue weighted by molar-refractivity contribution is 0.0691. The molecule has 0 radical (unpaired) electrons. The average Bonchev–Trinajstić information content (AvgIpc) is 2.76. The normalized spacial score (nSPS) is 11.6. The van der Waals surface area contributed by atoms with E-state index in [1.165, 1.54) is 7.05 Å². The number of hydrogen-bond acceptors (Lipinski definition) is 6. The molecule has 1 aromatic carbocycles. The predicted octanol–water partition coefficient (Wildman–Crippen LogP) is 0.675. The predicted molar refractivity (Wildman–Crippen MR) is 68.1 cm³/mol. The van der Waals surface area contributed by atoms with Crippen molar-refractivity contribution in [2.45, 2.75) is 10.6 Å². The van der Waals surface area contributed by atoms with Gasteiger partial charge in [0.15, 0.2) is 21.5 Å². The molecule has 0 bridgehead atoms. The molecule has 0 atom stereocenters. The van der Waals surface area contributed by atoms with Crippen LogP contribution in [0.4, 0.5) is 4.39 Å². The molecule has 0 aliphatic carbocycles. The molecule has 0 fully saturated rings. The topological polar surface area (TPSA) is 115 Å². The number of sulfone groups is 1. The first-order valence-corrected chi connectivity index (χ1v) is 7.41. The largest absolute Gasteiger partial charge is 0.478 e. The Kier molecular flexibility index (Phi) is 3.92. The maximum absolute atomic E-state index is 14.0. The highest BCUT2D eigenvalue weighted by atomic mass is 35.5. The summed E-state index contributed by atoms with van der Waals surface area (Å²) in [5.41, 5.74) is -0.826. The first-order valence-electron chi connectivity index (χ1n) is 5.38. The first kappa shape index (κ1) is 15.3. The minimum Gasteiger partial charge on any atom is -0.478 e. The SMILES string of the molecule is Cn1nnc(CS(=O)(=O)c2cc(Cl)cc(C(=O)O)c2F)n1. The zero-order chi connectivity index (χ0) is 15.8. The van der Waals surface area contributed by atoms with E-state index in [0.717, 1.165) is 16.9 Å². The summed E-state index contributed by atoms with van der Waals surface area (Å²) in [6.45, 7) is 0. The Morgan fingerprint density at radius 3 is 2.67 bits per heavy atom. The molecular weight excluding hydrogens is 327 g/mol. The summed E-state index contributed by atoms with van der Waals surface area (Å²) in [5.74, 6) is -3.87. The van der Waals surface area contributed by atoms with E-state index in [0.29, 0.717) is 0 Å². The summed E-state index contributed by atoms with van der Waals surface area (Å²) >= 11 is 5.64. The summed E-state index contributed by atoms with van der Waals surface area (Å²) < 4.78 is 38.3. The molecule has 0 aliphatic heterocycles. The molecule has 0 amide bonds. The minimum atomic E-state index is -4.21. The van der Waals surface area contributed by atoms with Crippen molar-refractivity contribution < 1.29 is 22.7 Å². The molecule has 8 nitrogen and oxygen atoms in total. The third kappa shape index (κ3) is 3.16. The number of aromatic carboxylic acids is 1. The molecule has 0 aliphatic rings. The smallest absolute Gasteiger partial charge is 0.338 e. The van der Waals surface area contributed by atoms with Gasteiger partial charge in [-0.1, -0.05) is 11.6 Å². The summed E-state index contributed by atoms with van der Waals surface area (Å²) in [4.78, 5) is 11.1. The molecule has 112 valence electrons. The number of tetrazole rings is 1. The highest BCUT2D eigenvalue weighted by molar-refractivity contribution is 7.90. The molecule has 1 N–H and O–H groups in total. The van der Waals surface area contributed by atoms with Crippen LogP contribution in [0.25, 0.3) is 0 Å². The van der Waals surface area contributed by atoms with E-state index in [4.69, 9.17) is 16.7 Å². The number of carbonyl (C=O) groups is 1. The fourth-order valence-electron chi connectivity index (χ4n) is 1.58. The van der Waals surface area contributed by atoms with Crippen LogP contribution in [-0.2, 0) is 22.6 Å². The summed E-state index contributed by atoms with van der Waals surface area (Å²) in [7, 11) is -2.77. The number of hydrogen-bond donors (Lipinski definition) is 1. The van der Waals surface area contributed by atoms with Gasteiger partial charge in [0.25, 0.3) is 0 Å². The van der Waals surface area contributed by atoms with Gasteiger partial charge >= 0.3 is 5.97 Å². The van der Waals surface area contributed by atoms with E-state index >= 15 is 0 Å². The third-order valence-electron chi connectivity index (χ3n) is 2.44. The number of aromatic nitrogens is 4. The monoisotopic (exact) mass is 334 g/mol. The molecule has 0 saturated carbocycles. The number of halogens is 2. The zero-order valence-corrected chi connectivity index (χ0v) is 12.1. The molecule has 0 unspecified atom stereocenters. The van der Waals surface area contributed by atoms with Crippen molar-refractivity contribution in [2.75, 3.05) is 0 Å². The number of nitrogens with zero attached hydrogens (tertiary/aromatic N) is 4. The van der Waals surface area contributed by atoms with Crippen LogP contribution in [0, 0.1) is 5.82 Å². The average molecular weight is 335 g/mol. The molecule has 0 saturated heterocycles. The van der Waals surface area contributed by atoms with Gasteiger partial charge in [-0.05, 0) is 17.3 Å². The van der Waals surface area contributed by atoms with Gasteiger partial charge < -0.3 is 5.11 Å². The summed E-state index contributed by atoms with van der Waals surface area (Å²) in [5, 5.41) is 19.3. The Hall–Kier alpha value is -2.07. The van der Waals surface area contributed by atoms with Crippen LogP contribution in [0.3, 0.4) is 0 Å². The van der Waals surface area contributed by atoms with Crippen LogP contribution in [0.5, 0.6) is 0 Å². The lowest BCUT2D eigenvalue weighted by Crippen LogP contribution is -2.12. The standard InChI is InChI=1S/C10H8ClFN4O4S/c1-16-14-8(13-15-16)4-21(19,20)7-3-5(11)2-6(9(7)12)10(17)18/h2-3H,4H2,1H3,(H,17,18). The maximum atomic E-state index is 14.0. The molecule has 11 heteroatoms. The molecule has 2 aromatic rings. The summed E-state index contributed by atoms with van der Waals surface area (Å²) in [6, 6.07) is 1.67. The van der Waals surface area contributed by atoms with Crippen molar-refractivity contribution in [2.24, 2.45) is 7.05 Å². The van der Waals surface area contributed by atoms with Gasteiger partial charge in [0.2, 0.25) is 0 Å². The quantitative estimate of drug-likeness (QED) is 0.873. The highest BCUT2D eigenvalue weighted by Gasteiger charge is 2.27. The van der Waals surface area contributed by atoms with E-state index in [1.807, 2.05) is 0 Å². The lowest BCUT2D eigenvalue weighted by Gasteiger charge is -2.07. The highest BCUT2D eigenvalue weighted by Crippen LogP contribution is 2.26. The Labute approximate surface area is 123 Å². The Bertz CT molecular complexity index is 820. The van der Waals surface area contributed by atoms with Gasteiger partial charge in [-0.3, -0.25) is 0 Å². The molecule has 1 aromatic heterocycles. The van der Waals surface area contributed by atoms with Gasteiger partial charge in [0, 0.05) is 5.02 Å². The van der Waals surface area contributed by atoms with Crippen LogP contribution < -0.4 is 0 Å². The van der Waals surface area contributed by atoms with Gasteiger partial charge in [-0.25, -0.2) is 17.6 Å². The van der Waals surface area contributed by atoms with E-state index in [-0.39, 0.29) is 10.8 Å². The number of carboxylic acid groups (broad SMARTS) is 1. The van der Waals surface area contributed by atoms with Crippen molar-refractivity contribution in [1.82, 2.24) is 20.2 Å². The Morgan fingerprint density at radius 1 is 1.48 bits per heavy atom. The Balaban J connectivity index is 2.52. The number of rotatable bonds is 4. The van der Waals surface area contributed by atoms with Crippen LogP contribution in [0.15, 0.2) is 17.0 Å². The second-order valence-electron chi connectivity index (χ2n) is 4.02. The second-order valence-corrected chi connectivity index (χ2v) is 6.42. The number of carboxylic acids is 1. The van der Waals surface area contributed by atoms with E-state index in [1.54, 1.807) is 0 Å². The first-order chi connectivity index (χ1) is 9.70. The van der Waals surface area contributed by atoms with Crippen molar-refractivity contribution >= 4 is 27.4 Å². The molecule has 1 heterocycles. The van der Waals surface area contributed by atoms with E-state index in [2.05, 4.69) is 15.4 Å². The van der Waals surface area contributed by atoms with E-state index in [9.17, 15) is 17.6 Å². The van der Waals surface area contributed by atoms with Crippen LogP contribution in [0.1, 0.15) is 16.2 Å². The van der Waals surface area contributed by atoms with Crippen molar-refractivity contribution in [3.63, 3.8) is 0 Å². The minimum absolute atomic E-state index is 0.145. The van der Waals surface area contributed by atoms with Crippen LogP contribution in [-0.4, -0.2) is 39.7 Å². The van der Waals surface area contributed by atoms with Gasteiger partial charge in [-0.15, -0.1) is 10.2 Å². The van der Waals surface area contributed by atoms with Gasteiger partial charge in [-0.2, -0.15) is 4.80 Å². The maximum Gasteiger partial charge on any atom is 0.338 e. The number of benzene rings is 1. The fraction of sp³-hybridized carbons (Fsp3) is 0.200. The lowest BCUT2D eigenvalue weighted by atomic mass is 10.2. The molecule has 0 spiro atoms. The van der Waals surface area contributed by atoms with Crippen molar-refractivity contribution in [3.05, 3.63) is 34.4 Å². The van der Waals surface area contributed by atoms with Crippen LogP contribution >= 0.6 is 11.6 Å². The van der Waals surface area contributed by atoms with E-state index < -0.39 is 37.8 Å². The Morgan fingerprint density at radius 2 is 2.14 bits per heavy atom. The number of aryl methyl sites for hydroxylation is 1.